The molecule has 0 radical (unpaired) electrons. The number of rotatable bonds is 3. The van der Waals surface area contributed by atoms with Crippen LogP contribution in [0.4, 0.5) is 5.82 Å². The summed E-state index contributed by atoms with van der Waals surface area (Å²) in [7, 11) is 0. The van der Waals surface area contributed by atoms with Gasteiger partial charge in [0, 0.05) is 19.8 Å². The summed E-state index contributed by atoms with van der Waals surface area (Å²) in [6.07, 6.45) is 3.87. The summed E-state index contributed by atoms with van der Waals surface area (Å²) >= 11 is 0. The summed E-state index contributed by atoms with van der Waals surface area (Å²) in [6, 6.07) is 4.15. The van der Waals surface area contributed by atoms with Gasteiger partial charge in [-0.3, -0.25) is 0 Å². The molecule has 1 aliphatic rings. The summed E-state index contributed by atoms with van der Waals surface area (Å²) in [5.41, 5.74) is 2.09. The number of fused-ring (bicyclic) bond motifs is 1. The predicted octanol–water partition coefficient (Wildman–Crippen LogP) is 1.88. The number of aryl methyl sites for hydroxylation is 1. The van der Waals surface area contributed by atoms with Crippen molar-refractivity contribution in [3.63, 3.8) is 0 Å². The summed E-state index contributed by atoms with van der Waals surface area (Å²) in [6.45, 7) is 4.83. The maximum atomic E-state index is 5.37. The molecule has 2 aromatic rings. The molecule has 1 N–H and O–H groups in total. The minimum atomic E-state index is 0.692. The Hall–Kier alpha value is -1.62. The Balaban J connectivity index is 1.75. The first kappa shape index (κ1) is 11.5. The minimum Gasteiger partial charge on any atom is -0.381 e. The molecule has 96 valence electrons. The van der Waals surface area contributed by atoms with Gasteiger partial charge in [-0.2, -0.15) is 9.61 Å². The maximum absolute atomic E-state index is 5.37. The van der Waals surface area contributed by atoms with Crippen molar-refractivity contribution in [1.29, 1.82) is 0 Å². The highest BCUT2D eigenvalue weighted by Crippen LogP contribution is 2.17. The molecule has 0 aromatic carbocycles. The standard InChI is InChI=1S/C13H18N4O/c1-10-6-12(17-13(7-10)15-9-16-17)14-8-11-2-4-18-5-3-11/h6-7,9,11,14H,2-5,8H2,1H3. The zero-order valence-corrected chi connectivity index (χ0v) is 10.6. The van der Waals surface area contributed by atoms with Crippen LogP contribution in [-0.4, -0.2) is 34.4 Å². The van der Waals surface area contributed by atoms with E-state index in [1.54, 1.807) is 6.33 Å². The normalized spacial score (nSPS) is 17.2. The molecule has 0 saturated carbocycles. The molecule has 2 aromatic heterocycles. The van der Waals surface area contributed by atoms with Crippen molar-refractivity contribution < 1.29 is 4.74 Å². The Morgan fingerprint density at radius 3 is 3.06 bits per heavy atom. The SMILES string of the molecule is Cc1cc(NCC2CCOCC2)n2ncnc2c1. The first-order valence-corrected chi connectivity index (χ1v) is 6.45. The number of hydrogen-bond donors (Lipinski definition) is 1. The topological polar surface area (TPSA) is 51.5 Å². The van der Waals surface area contributed by atoms with Crippen LogP contribution >= 0.6 is 0 Å². The lowest BCUT2D eigenvalue weighted by molar-refractivity contribution is 0.0699. The Morgan fingerprint density at radius 1 is 1.39 bits per heavy atom. The molecule has 3 rings (SSSR count). The number of pyridine rings is 1. The monoisotopic (exact) mass is 246 g/mol. The molecular formula is C13H18N4O. The second-order valence-electron chi connectivity index (χ2n) is 4.88. The minimum absolute atomic E-state index is 0.692. The van der Waals surface area contributed by atoms with E-state index in [1.165, 1.54) is 5.56 Å². The Bertz CT molecular complexity index is 531. The van der Waals surface area contributed by atoms with Crippen LogP contribution in [0.15, 0.2) is 18.5 Å². The van der Waals surface area contributed by atoms with Gasteiger partial charge >= 0.3 is 0 Å². The number of hydrogen-bond acceptors (Lipinski definition) is 4. The van der Waals surface area contributed by atoms with E-state index in [4.69, 9.17) is 4.74 Å². The third-order valence-corrected chi connectivity index (χ3v) is 3.44. The van der Waals surface area contributed by atoms with Crippen LogP contribution in [-0.2, 0) is 4.74 Å². The van der Waals surface area contributed by atoms with Gasteiger partial charge in [-0.15, -0.1) is 0 Å². The van der Waals surface area contributed by atoms with E-state index in [1.807, 2.05) is 10.6 Å². The fourth-order valence-corrected chi connectivity index (χ4v) is 2.38. The van der Waals surface area contributed by atoms with Crippen LogP contribution in [0, 0.1) is 12.8 Å². The number of ether oxygens (including phenoxy) is 1. The summed E-state index contributed by atoms with van der Waals surface area (Å²) in [5, 5.41) is 7.73. The van der Waals surface area contributed by atoms with E-state index in [0.29, 0.717) is 5.92 Å². The van der Waals surface area contributed by atoms with Crippen LogP contribution in [0.3, 0.4) is 0 Å². The second-order valence-corrected chi connectivity index (χ2v) is 4.88. The highest BCUT2D eigenvalue weighted by atomic mass is 16.5. The summed E-state index contributed by atoms with van der Waals surface area (Å²) in [5.74, 6) is 1.71. The summed E-state index contributed by atoms with van der Waals surface area (Å²) in [4.78, 5) is 4.23. The lowest BCUT2D eigenvalue weighted by Crippen LogP contribution is -2.23. The van der Waals surface area contributed by atoms with Gasteiger partial charge in [-0.25, -0.2) is 4.98 Å². The van der Waals surface area contributed by atoms with E-state index >= 15 is 0 Å². The maximum Gasteiger partial charge on any atom is 0.157 e. The van der Waals surface area contributed by atoms with Gasteiger partial charge in [0.1, 0.15) is 12.1 Å². The van der Waals surface area contributed by atoms with Crippen molar-refractivity contribution in [2.24, 2.45) is 5.92 Å². The molecule has 5 heteroatoms. The molecule has 1 saturated heterocycles. The number of nitrogens with one attached hydrogen (secondary N) is 1. The highest BCUT2D eigenvalue weighted by Gasteiger charge is 2.14. The van der Waals surface area contributed by atoms with Crippen molar-refractivity contribution in [3.8, 4) is 0 Å². The van der Waals surface area contributed by atoms with Crippen molar-refractivity contribution in [1.82, 2.24) is 14.6 Å². The largest absolute Gasteiger partial charge is 0.381 e. The predicted molar refractivity (Wildman–Crippen MR) is 69.8 cm³/mol. The second kappa shape index (κ2) is 4.94. The molecule has 18 heavy (non-hydrogen) atoms. The molecule has 0 atom stereocenters. The quantitative estimate of drug-likeness (QED) is 0.898. The molecule has 1 fully saturated rings. The number of nitrogens with zero attached hydrogens (tertiary/aromatic N) is 3. The van der Waals surface area contributed by atoms with Crippen molar-refractivity contribution in [3.05, 3.63) is 24.0 Å². The first-order valence-electron chi connectivity index (χ1n) is 6.45. The van der Waals surface area contributed by atoms with Gasteiger partial charge < -0.3 is 10.1 Å². The van der Waals surface area contributed by atoms with Gasteiger partial charge in [0.2, 0.25) is 0 Å². The van der Waals surface area contributed by atoms with Gasteiger partial charge in [0.25, 0.3) is 0 Å². The fraction of sp³-hybridized carbons (Fsp3) is 0.538. The van der Waals surface area contributed by atoms with Crippen LogP contribution in [0.5, 0.6) is 0 Å². The van der Waals surface area contributed by atoms with Crippen molar-refractivity contribution >= 4 is 11.5 Å². The smallest absolute Gasteiger partial charge is 0.157 e. The molecule has 0 spiro atoms. The molecule has 0 unspecified atom stereocenters. The molecule has 1 aliphatic heterocycles. The Morgan fingerprint density at radius 2 is 2.22 bits per heavy atom. The third kappa shape index (κ3) is 2.31. The Labute approximate surface area is 106 Å². The first-order chi connectivity index (χ1) is 8.83. The molecule has 3 heterocycles. The van der Waals surface area contributed by atoms with E-state index < -0.39 is 0 Å². The van der Waals surface area contributed by atoms with Crippen molar-refractivity contribution in [2.75, 3.05) is 25.1 Å². The van der Waals surface area contributed by atoms with E-state index in [2.05, 4.69) is 28.4 Å². The molecule has 5 nitrogen and oxygen atoms in total. The van der Waals surface area contributed by atoms with Gasteiger partial charge in [-0.05, 0) is 43.4 Å². The summed E-state index contributed by atoms with van der Waals surface area (Å²) < 4.78 is 7.23. The molecule has 0 aliphatic carbocycles. The lowest BCUT2D eigenvalue weighted by atomic mass is 10.0. The average molecular weight is 246 g/mol. The van der Waals surface area contributed by atoms with Crippen LogP contribution in [0.2, 0.25) is 0 Å². The molecular weight excluding hydrogens is 228 g/mol. The van der Waals surface area contributed by atoms with Crippen molar-refractivity contribution in [2.45, 2.75) is 19.8 Å². The van der Waals surface area contributed by atoms with Gasteiger partial charge in [0.15, 0.2) is 5.65 Å². The fourth-order valence-electron chi connectivity index (χ4n) is 2.38. The average Bonchev–Trinajstić information content (AvgIpc) is 2.85. The lowest BCUT2D eigenvalue weighted by Gasteiger charge is -2.22. The number of anilines is 1. The molecule has 0 amide bonds. The van der Waals surface area contributed by atoms with E-state index in [-0.39, 0.29) is 0 Å². The Kier molecular flexibility index (Phi) is 3.15. The zero-order valence-electron chi connectivity index (χ0n) is 10.6. The van der Waals surface area contributed by atoms with Crippen LogP contribution in [0.1, 0.15) is 18.4 Å². The zero-order chi connectivity index (χ0) is 12.4. The highest BCUT2D eigenvalue weighted by molar-refractivity contribution is 5.51. The van der Waals surface area contributed by atoms with Crippen LogP contribution < -0.4 is 5.32 Å². The third-order valence-electron chi connectivity index (χ3n) is 3.44. The molecule has 0 bridgehead atoms. The van der Waals surface area contributed by atoms with Crippen LogP contribution in [0.25, 0.3) is 5.65 Å². The van der Waals surface area contributed by atoms with Gasteiger partial charge in [0.05, 0.1) is 0 Å². The van der Waals surface area contributed by atoms with E-state index in [9.17, 15) is 0 Å². The number of aromatic nitrogens is 3. The van der Waals surface area contributed by atoms with Gasteiger partial charge in [-0.1, -0.05) is 0 Å². The van der Waals surface area contributed by atoms with E-state index in [0.717, 1.165) is 44.1 Å².